The van der Waals surface area contributed by atoms with Crippen molar-refractivity contribution in [2.45, 2.75) is 0 Å². The average Bonchev–Trinajstić information content (AvgIpc) is 3.17. The largest absolute Gasteiger partial charge is 0.454 e. The molecule has 0 saturated carbocycles. The Morgan fingerprint density at radius 2 is 1.96 bits per heavy atom. The number of fused-ring (bicyclic) bond motifs is 1. The summed E-state index contributed by atoms with van der Waals surface area (Å²) in [5, 5.41) is 0. The molecular weight excluding hydrogens is 489 g/mol. The van der Waals surface area contributed by atoms with Crippen molar-refractivity contribution in [3.8, 4) is 11.5 Å². The van der Waals surface area contributed by atoms with Crippen molar-refractivity contribution >= 4 is 56.5 Å². The van der Waals surface area contributed by atoms with Crippen molar-refractivity contribution in [3.05, 3.63) is 61.3 Å². The molecule has 2 aliphatic rings. The van der Waals surface area contributed by atoms with Gasteiger partial charge in [-0.3, -0.25) is 0 Å². The average molecular weight is 498 g/mol. The lowest BCUT2D eigenvalue weighted by Crippen LogP contribution is -2.05. The van der Waals surface area contributed by atoms with E-state index in [1.807, 2.05) is 24.3 Å². The summed E-state index contributed by atoms with van der Waals surface area (Å²) >= 11 is 5.68. The van der Waals surface area contributed by atoms with Crippen LogP contribution in [-0.4, -0.2) is 18.7 Å². The van der Waals surface area contributed by atoms with E-state index in [2.05, 4.69) is 43.5 Å². The molecule has 5 nitrogen and oxygen atoms in total. The molecule has 0 bridgehead atoms. The van der Waals surface area contributed by atoms with Crippen LogP contribution in [0.2, 0.25) is 0 Å². The molecule has 0 unspecified atom stereocenters. The number of hydrogen-bond acceptors (Lipinski definition) is 5. The van der Waals surface area contributed by atoms with E-state index in [0.717, 1.165) is 19.2 Å². The highest BCUT2D eigenvalue weighted by atomic mass is 127. The number of halogens is 2. The predicted octanol–water partition coefficient (Wildman–Crippen LogP) is 4.13. The fourth-order valence-corrected chi connectivity index (χ4v) is 3.04. The number of cyclic esters (lactones) is 1. The van der Waals surface area contributed by atoms with Gasteiger partial charge >= 0.3 is 5.97 Å². The molecule has 0 fully saturated rings. The van der Waals surface area contributed by atoms with Crippen LogP contribution in [0.4, 0.5) is 0 Å². The molecule has 24 heavy (non-hydrogen) atoms. The van der Waals surface area contributed by atoms with Crippen LogP contribution in [-0.2, 0) is 9.53 Å². The number of benzene rings is 2. The highest BCUT2D eigenvalue weighted by Crippen LogP contribution is 2.33. The molecule has 2 aromatic rings. The topological polar surface area (TPSA) is 57.1 Å². The van der Waals surface area contributed by atoms with Gasteiger partial charge in [-0.2, -0.15) is 0 Å². The molecule has 0 aromatic heterocycles. The van der Waals surface area contributed by atoms with Crippen LogP contribution in [0.1, 0.15) is 11.1 Å². The zero-order valence-corrected chi connectivity index (χ0v) is 15.8. The van der Waals surface area contributed by atoms with Crippen LogP contribution in [0.3, 0.4) is 0 Å². The van der Waals surface area contributed by atoms with Crippen molar-refractivity contribution in [2.24, 2.45) is 4.99 Å². The standard InChI is InChI=1S/C17H9BrINO4/c18-11-7-10(2-3-12(11)19)16-20-13(17(21)24-16)5-9-1-4-14-15(6-9)23-8-22-14/h1-7H,8H2/b13-5-. The van der Waals surface area contributed by atoms with Gasteiger partial charge in [0.05, 0.1) is 0 Å². The zero-order valence-electron chi connectivity index (χ0n) is 12.1. The van der Waals surface area contributed by atoms with Gasteiger partial charge in [-0.05, 0) is 80.5 Å². The lowest BCUT2D eigenvalue weighted by atomic mass is 10.1. The van der Waals surface area contributed by atoms with Crippen molar-refractivity contribution in [3.63, 3.8) is 0 Å². The minimum Gasteiger partial charge on any atom is -0.454 e. The van der Waals surface area contributed by atoms with E-state index in [0.29, 0.717) is 17.4 Å². The summed E-state index contributed by atoms with van der Waals surface area (Å²) in [6.45, 7) is 0.210. The lowest BCUT2D eigenvalue weighted by Gasteiger charge is -2.01. The summed E-state index contributed by atoms with van der Waals surface area (Å²) in [5.74, 6) is 1.17. The van der Waals surface area contributed by atoms with E-state index in [-0.39, 0.29) is 12.5 Å². The first kappa shape index (κ1) is 15.6. The molecule has 2 heterocycles. The third-order valence-corrected chi connectivity index (χ3v) is 5.83. The van der Waals surface area contributed by atoms with Crippen molar-refractivity contribution < 1.29 is 19.0 Å². The van der Waals surface area contributed by atoms with Crippen molar-refractivity contribution in [1.82, 2.24) is 0 Å². The minimum absolute atomic E-state index is 0.210. The van der Waals surface area contributed by atoms with Crippen LogP contribution in [0.5, 0.6) is 11.5 Å². The smallest absolute Gasteiger partial charge is 0.363 e. The van der Waals surface area contributed by atoms with Crippen LogP contribution in [0, 0.1) is 3.57 Å². The number of carbonyl (C=O) groups is 1. The second-order valence-corrected chi connectivity index (χ2v) is 7.09. The number of hydrogen-bond donors (Lipinski definition) is 0. The molecule has 7 heteroatoms. The molecule has 4 rings (SSSR count). The molecule has 0 N–H and O–H groups in total. The van der Waals surface area contributed by atoms with Crippen molar-refractivity contribution in [1.29, 1.82) is 0 Å². The highest BCUT2D eigenvalue weighted by Gasteiger charge is 2.25. The van der Waals surface area contributed by atoms with E-state index < -0.39 is 5.97 Å². The maximum absolute atomic E-state index is 12.1. The Kier molecular flexibility index (Phi) is 4.05. The zero-order chi connectivity index (χ0) is 16.7. The fourth-order valence-electron chi connectivity index (χ4n) is 2.32. The predicted molar refractivity (Wildman–Crippen MR) is 100 cm³/mol. The van der Waals surface area contributed by atoms with Gasteiger partial charge in [0.25, 0.3) is 0 Å². The molecule has 0 saturated heterocycles. The first-order valence-corrected chi connectivity index (χ1v) is 8.85. The van der Waals surface area contributed by atoms with Crippen molar-refractivity contribution in [2.75, 3.05) is 6.79 Å². The summed E-state index contributed by atoms with van der Waals surface area (Å²) in [7, 11) is 0. The first-order valence-electron chi connectivity index (χ1n) is 6.98. The minimum atomic E-state index is -0.475. The Bertz CT molecular complexity index is 923. The van der Waals surface area contributed by atoms with Gasteiger partial charge in [-0.25, -0.2) is 9.79 Å². The third-order valence-electron chi connectivity index (χ3n) is 3.49. The SMILES string of the molecule is O=C1OC(c2ccc(I)c(Br)c2)=N/C1=C\c1ccc2c(c1)OCO2. The van der Waals surface area contributed by atoms with Gasteiger partial charge in [0.1, 0.15) is 0 Å². The van der Waals surface area contributed by atoms with Crippen LogP contribution in [0.15, 0.2) is 51.6 Å². The van der Waals surface area contributed by atoms with E-state index in [1.54, 1.807) is 18.2 Å². The van der Waals surface area contributed by atoms with E-state index in [1.165, 1.54) is 0 Å². The monoisotopic (exact) mass is 497 g/mol. The Balaban J connectivity index is 1.67. The fraction of sp³-hybridized carbons (Fsp3) is 0.0588. The molecule has 0 atom stereocenters. The maximum Gasteiger partial charge on any atom is 0.363 e. The van der Waals surface area contributed by atoms with Gasteiger partial charge in [0, 0.05) is 13.6 Å². The Morgan fingerprint density at radius 1 is 1.12 bits per heavy atom. The normalized spacial score (nSPS) is 17.2. The molecule has 2 aliphatic heterocycles. The second kappa shape index (κ2) is 6.21. The van der Waals surface area contributed by atoms with Crippen LogP contribution >= 0.6 is 38.5 Å². The summed E-state index contributed by atoms with van der Waals surface area (Å²) < 4.78 is 17.9. The van der Waals surface area contributed by atoms with Gasteiger partial charge in [-0.15, -0.1) is 0 Å². The van der Waals surface area contributed by atoms with E-state index >= 15 is 0 Å². The molecule has 2 aromatic carbocycles. The number of carbonyl (C=O) groups excluding carboxylic acids is 1. The van der Waals surface area contributed by atoms with Gasteiger partial charge in [0.2, 0.25) is 12.7 Å². The number of rotatable bonds is 2. The van der Waals surface area contributed by atoms with E-state index in [4.69, 9.17) is 14.2 Å². The molecule has 0 radical (unpaired) electrons. The summed E-state index contributed by atoms with van der Waals surface area (Å²) in [6, 6.07) is 11.1. The second-order valence-electron chi connectivity index (χ2n) is 5.08. The summed E-state index contributed by atoms with van der Waals surface area (Å²) in [5.41, 5.74) is 1.78. The Morgan fingerprint density at radius 3 is 2.79 bits per heavy atom. The lowest BCUT2D eigenvalue weighted by molar-refractivity contribution is -0.129. The van der Waals surface area contributed by atoms with Gasteiger partial charge in [-0.1, -0.05) is 6.07 Å². The maximum atomic E-state index is 12.1. The number of esters is 1. The molecule has 0 aliphatic carbocycles. The van der Waals surface area contributed by atoms with E-state index in [9.17, 15) is 4.79 Å². The summed E-state index contributed by atoms with van der Waals surface area (Å²) in [4.78, 5) is 16.4. The van der Waals surface area contributed by atoms with Gasteiger partial charge in [0.15, 0.2) is 17.2 Å². The highest BCUT2D eigenvalue weighted by molar-refractivity contribution is 14.1. The third kappa shape index (κ3) is 2.93. The number of ether oxygens (including phenoxy) is 3. The molecular formula is C17H9BrINO4. The van der Waals surface area contributed by atoms with Gasteiger partial charge < -0.3 is 14.2 Å². The molecule has 0 amide bonds. The van der Waals surface area contributed by atoms with Crippen LogP contribution in [0.25, 0.3) is 6.08 Å². The quantitative estimate of drug-likeness (QED) is 0.355. The summed E-state index contributed by atoms with van der Waals surface area (Å²) in [6.07, 6.45) is 1.67. The molecule has 0 spiro atoms. The molecule has 120 valence electrons. The first-order chi connectivity index (χ1) is 11.6. The number of nitrogens with zero attached hydrogens (tertiary/aromatic N) is 1. The Hall–Kier alpha value is -1.87. The Labute approximate surface area is 159 Å². The number of aliphatic imine (C=N–C) groups is 1. The van der Waals surface area contributed by atoms with Crippen LogP contribution < -0.4 is 9.47 Å².